The van der Waals surface area contributed by atoms with Gasteiger partial charge in [-0.2, -0.15) is 0 Å². The Bertz CT molecular complexity index is 470. The van der Waals surface area contributed by atoms with E-state index in [1.165, 1.54) is 0 Å². The van der Waals surface area contributed by atoms with Gasteiger partial charge in [-0.25, -0.2) is 0 Å². The molecular weight excluding hydrogens is 234 g/mol. The standard InChI is InChI=1S/C13H15NO2S/c1-2-11(15)8-3-4-12-9(7-8)13(16)10(14)5-6-17-12/h3-4,7,10H,2,5-6,14H2,1H3. The van der Waals surface area contributed by atoms with E-state index in [-0.39, 0.29) is 11.6 Å². The number of Topliss-reactive ketones (excluding diaryl/α,β-unsaturated/α-hetero) is 2. The van der Waals surface area contributed by atoms with E-state index in [1.807, 2.05) is 13.0 Å². The van der Waals surface area contributed by atoms with Crippen LogP contribution in [0.5, 0.6) is 0 Å². The first-order chi connectivity index (χ1) is 8.13. The van der Waals surface area contributed by atoms with Gasteiger partial charge in [0.05, 0.1) is 6.04 Å². The molecule has 1 aliphatic heterocycles. The zero-order valence-electron chi connectivity index (χ0n) is 9.73. The van der Waals surface area contributed by atoms with Gasteiger partial charge < -0.3 is 5.73 Å². The predicted molar refractivity (Wildman–Crippen MR) is 68.7 cm³/mol. The van der Waals surface area contributed by atoms with E-state index in [4.69, 9.17) is 5.73 Å². The Labute approximate surface area is 105 Å². The van der Waals surface area contributed by atoms with Crippen LogP contribution in [0, 0.1) is 0 Å². The Balaban J connectivity index is 2.45. The van der Waals surface area contributed by atoms with Gasteiger partial charge >= 0.3 is 0 Å². The van der Waals surface area contributed by atoms with Crippen LogP contribution in [0.4, 0.5) is 0 Å². The quantitative estimate of drug-likeness (QED) is 0.817. The molecule has 0 spiro atoms. The van der Waals surface area contributed by atoms with Crippen molar-refractivity contribution in [3.63, 3.8) is 0 Å². The van der Waals surface area contributed by atoms with E-state index in [2.05, 4.69) is 0 Å². The molecule has 1 aliphatic rings. The number of benzene rings is 1. The van der Waals surface area contributed by atoms with Gasteiger partial charge in [0.25, 0.3) is 0 Å². The van der Waals surface area contributed by atoms with Crippen LogP contribution in [0.1, 0.15) is 40.5 Å². The largest absolute Gasteiger partial charge is 0.321 e. The Kier molecular flexibility index (Phi) is 3.64. The molecule has 0 amide bonds. The summed E-state index contributed by atoms with van der Waals surface area (Å²) < 4.78 is 0. The molecule has 4 heteroatoms. The Morgan fingerprint density at radius 3 is 3.00 bits per heavy atom. The minimum atomic E-state index is -0.435. The molecule has 2 rings (SSSR count). The molecule has 1 atom stereocenters. The van der Waals surface area contributed by atoms with Crippen molar-refractivity contribution in [1.29, 1.82) is 0 Å². The van der Waals surface area contributed by atoms with E-state index < -0.39 is 6.04 Å². The normalized spacial score (nSPS) is 19.6. The van der Waals surface area contributed by atoms with Gasteiger partial charge in [-0.05, 0) is 24.3 Å². The number of carbonyl (C=O) groups excluding carboxylic acids is 2. The lowest BCUT2D eigenvalue weighted by molar-refractivity contribution is 0.0958. The summed E-state index contributed by atoms with van der Waals surface area (Å²) in [6.45, 7) is 1.82. The Hall–Kier alpha value is -1.13. The van der Waals surface area contributed by atoms with E-state index >= 15 is 0 Å². The van der Waals surface area contributed by atoms with Crippen LogP contribution >= 0.6 is 11.8 Å². The fourth-order valence-corrected chi connectivity index (χ4v) is 2.92. The van der Waals surface area contributed by atoms with Crippen molar-refractivity contribution in [3.8, 4) is 0 Å². The van der Waals surface area contributed by atoms with Crippen molar-refractivity contribution in [2.45, 2.75) is 30.7 Å². The van der Waals surface area contributed by atoms with Crippen molar-refractivity contribution in [2.75, 3.05) is 5.75 Å². The average molecular weight is 249 g/mol. The first-order valence-electron chi connectivity index (χ1n) is 5.73. The van der Waals surface area contributed by atoms with E-state index in [1.54, 1.807) is 23.9 Å². The molecule has 1 aromatic carbocycles. The molecule has 1 aromatic rings. The van der Waals surface area contributed by atoms with Gasteiger partial charge in [-0.3, -0.25) is 9.59 Å². The maximum absolute atomic E-state index is 12.1. The summed E-state index contributed by atoms with van der Waals surface area (Å²) in [5.41, 5.74) is 7.02. The number of hydrogen-bond donors (Lipinski definition) is 1. The van der Waals surface area contributed by atoms with Crippen molar-refractivity contribution in [3.05, 3.63) is 29.3 Å². The molecule has 1 unspecified atom stereocenters. The monoisotopic (exact) mass is 249 g/mol. The SMILES string of the molecule is CCC(=O)c1ccc2c(c1)C(=O)C(N)CCS2. The highest BCUT2D eigenvalue weighted by Crippen LogP contribution is 2.29. The van der Waals surface area contributed by atoms with E-state index in [0.29, 0.717) is 24.0 Å². The van der Waals surface area contributed by atoms with Crippen LogP contribution in [0.2, 0.25) is 0 Å². The number of hydrogen-bond acceptors (Lipinski definition) is 4. The van der Waals surface area contributed by atoms with Crippen LogP contribution < -0.4 is 5.73 Å². The smallest absolute Gasteiger partial charge is 0.180 e. The molecule has 0 bridgehead atoms. The van der Waals surface area contributed by atoms with Gasteiger partial charge in [-0.1, -0.05) is 13.0 Å². The van der Waals surface area contributed by atoms with Gasteiger partial charge in [0.15, 0.2) is 11.6 Å². The molecule has 0 aromatic heterocycles. The zero-order valence-corrected chi connectivity index (χ0v) is 10.5. The van der Waals surface area contributed by atoms with Crippen LogP contribution in [-0.4, -0.2) is 23.4 Å². The molecule has 0 saturated carbocycles. The third kappa shape index (κ3) is 2.42. The minimum Gasteiger partial charge on any atom is -0.321 e. The molecule has 0 saturated heterocycles. The Morgan fingerprint density at radius 1 is 1.53 bits per heavy atom. The number of carbonyl (C=O) groups is 2. The van der Waals surface area contributed by atoms with E-state index in [9.17, 15) is 9.59 Å². The molecule has 1 heterocycles. The van der Waals surface area contributed by atoms with Crippen molar-refractivity contribution in [2.24, 2.45) is 5.73 Å². The second kappa shape index (κ2) is 5.02. The van der Waals surface area contributed by atoms with Crippen molar-refractivity contribution < 1.29 is 9.59 Å². The summed E-state index contributed by atoms with van der Waals surface area (Å²) >= 11 is 1.63. The highest BCUT2D eigenvalue weighted by atomic mass is 32.2. The summed E-state index contributed by atoms with van der Waals surface area (Å²) in [5.74, 6) is 0.861. The van der Waals surface area contributed by atoms with Crippen molar-refractivity contribution >= 4 is 23.3 Å². The molecule has 2 N–H and O–H groups in total. The highest BCUT2D eigenvalue weighted by Gasteiger charge is 2.23. The number of nitrogens with two attached hydrogens (primary N) is 1. The number of rotatable bonds is 2. The van der Waals surface area contributed by atoms with Gasteiger partial charge in [0, 0.05) is 22.4 Å². The Morgan fingerprint density at radius 2 is 2.29 bits per heavy atom. The van der Waals surface area contributed by atoms with Crippen LogP contribution in [0.15, 0.2) is 23.1 Å². The first kappa shape index (κ1) is 12.3. The molecule has 17 heavy (non-hydrogen) atoms. The molecule has 0 radical (unpaired) electrons. The third-order valence-electron chi connectivity index (χ3n) is 2.91. The fourth-order valence-electron chi connectivity index (χ4n) is 1.85. The summed E-state index contributed by atoms with van der Waals surface area (Å²) in [4.78, 5) is 24.6. The highest BCUT2D eigenvalue weighted by molar-refractivity contribution is 7.99. The second-order valence-corrected chi connectivity index (χ2v) is 5.23. The lowest BCUT2D eigenvalue weighted by Crippen LogP contribution is -2.30. The summed E-state index contributed by atoms with van der Waals surface area (Å²) in [6, 6.07) is 4.91. The van der Waals surface area contributed by atoms with E-state index in [0.717, 1.165) is 10.6 Å². The molecular formula is C13H15NO2S. The van der Waals surface area contributed by atoms with Crippen molar-refractivity contribution in [1.82, 2.24) is 0 Å². The van der Waals surface area contributed by atoms with Gasteiger partial charge in [0.2, 0.25) is 0 Å². The first-order valence-corrected chi connectivity index (χ1v) is 6.72. The minimum absolute atomic E-state index is 0.0456. The summed E-state index contributed by atoms with van der Waals surface area (Å²) in [5, 5.41) is 0. The second-order valence-electron chi connectivity index (χ2n) is 4.10. The summed E-state index contributed by atoms with van der Waals surface area (Å²) in [7, 11) is 0. The summed E-state index contributed by atoms with van der Waals surface area (Å²) in [6.07, 6.45) is 1.14. The fraction of sp³-hybridized carbons (Fsp3) is 0.385. The van der Waals surface area contributed by atoms with Crippen LogP contribution in [-0.2, 0) is 0 Å². The van der Waals surface area contributed by atoms with Gasteiger partial charge in [-0.15, -0.1) is 11.8 Å². The maximum Gasteiger partial charge on any atom is 0.180 e. The predicted octanol–water partition coefficient (Wildman–Crippen LogP) is 2.29. The molecule has 0 fully saturated rings. The van der Waals surface area contributed by atoms with Gasteiger partial charge in [0.1, 0.15) is 0 Å². The molecule has 0 aliphatic carbocycles. The molecule has 3 nitrogen and oxygen atoms in total. The lowest BCUT2D eigenvalue weighted by atomic mass is 9.99. The number of fused-ring (bicyclic) bond motifs is 1. The van der Waals surface area contributed by atoms with Crippen LogP contribution in [0.3, 0.4) is 0 Å². The number of ketones is 2. The lowest BCUT2D eigenvalue weighted by Gasteiger charge is -2.08. The third-order valence-corrected chi connectivity index (χ3v) is 4.02. The van der Waals surface area contributed by atoms with Crippen LogP contribution in [0.25, 0.3) is 0 Å². The number of thioether (sulfide) groups is 1. The molecule has 90 valence electrons. The average Bonchev–Trinajstić information content (AvgIpc) is 2.49. The topological polar surface area (TPSA) is 60.2 Å². The zero-order chi connectivity index (χ0) is 12.4. The maximum atomic E-state index is 12.1.